The van der Waals surface area contributed by atoms with E-state index in [1.165, 1.54) is 5.56 Å². The van der Waals surface area contributed by atoms with Gasteiger partial charge in [-0.25, -0.2) is 4.79 Å². The van der Waals surface area contributed by atoms with Gasteiger partial charge in [0.15, 0.2) is 0 Å². The van der Waals surface area contributed by atoms with E-state index in [9.17, 15) is 9.90 Å². The molecular weight excluding hydrogens is 372 g/mol. The van der Waals surface area contributed by atoms with Crippen molar-refractivity contribution in [1.82, 2.24) is 9.88 Å². The first-order valence-electron chi connectivity index (χ1n) is 9.33. The largest absolute Gasteiger partial charge is 0.478 e. The predicted octanol–water partition coefficient (Wildman–Crippen LogP) is 5.36. The molecule has 5 heteroatoms. The Balaban J connectivity index is 1.90. The van der Waals surface area contributed by atoms with Crippen LogP contribution < -0.4 is 5.32 Å². The molecule has 0 amide bonds. The van der Waals surface area contributed by atoms with Crippen LogP contribution in [-0.4, -0.2) is 15.6 Å². The number of carboxylic acid groups (broad SMARTS) is 1. The predicted molar refractivity (Wildman–Crippen MR) is 113 cm³/mol. The summed E-state index contributed by atoms with van der Waals surface area (Å²) >= 11 is 6.32. The number of aromatic carboxylic acids is 1. The minimum absolute atomic E-state index is 0.120. The smallest absolute Gasteiger partial charge is 0.337 e. The lowest BCUT2D eigenvalue weighted by atomic mass is 10.1. The standard InChI is InChI=1S/C23H25ClN2O2/c1-15(18-9-5-4-6-10-18)25-13-20-16(2)26(17(3)22(20)23(27)28)14-19-11-7-8-12-21(19)24/h4-12,15,25H,13-14H2,1-3H3,(H,27,28)/t15-/m0/s1. The summed E-state index contributed by atoms with van der Waals surface area (Å²) < 4.78 is 2.04. The second-order valence-electron chi connectivity index (χ2n) is 7.02. The number of nitrogens with one attached hydrogen (secondary N) is 1. The molecule has 3 rings (SSSR count). The molecule has 0 fully saturated rings. The van der Waals surface area contributed by atoms with Crippen LogP contribution in [0.4, 0.5) is 0 Å². The van der Waals surface area contributed by atoms with E-state index in [-0.39, 0.29) is 6.04 Å². The van der Waals surface area contributed by atoms with E-state index in [0.29, 0.717) is 23.7 Å². The Labute approximate surface area is 170 Å². The van der Waals surface area contributed by atoms with Crippen LogP contribution in [0.2, 0.25) is 5.02 Å². The quantitative estimate of drug-likeness (QED) is 0.565. The van der Waals surface area contributed by atoms with Gasteiger partial charge in [-0.15, -0.1) is 0 Å². The number of carbonyl (C=O) groups is 1. The fraction of sp³-hybridized carbons (Fsp3) is 0.261. The third-order valence-electron chi connectivity index (χ3n) is 5.29. The number of nitrogens with zero attached hydrogens (tertiary/aromatic N) is 1. The van der Waals surface area contributed by atoms with E-state index in [4.69, 9.17) is 11.6 Å². The summed E-state index contributed by atoms with van der Waals surface area (Å²) in [6.07, 6.45) is 0. The van der Waals surface area contributed by atoms with E-state index in [1.807, 2.05) is 60.9 Å². The van der Waals surface area contributed by atoms with E-state index >= 15 is 0 Å². The Morgan fingerprint density at radius 2 is 1.71 bits per heavy atom. The minimum atomic E-state index is -0.900. The third kappa shape index (κ3) is 4.13. The molecular formula is C23H25ClN2O2. The lowest BCUT2D eigenvalue weighted by Crippen LogP contribution is -2.19. The van der Waals surface area contributed by atoms with Gasteiger partial charge in [0.2, 0.25) is 0 Å². The SMILES string of the molecule is Cc1c(CN[C@@H](C)c2ccccc2)c(C(=O)O)c(C)n1Cc1ccccc1Cl. The molecule has 2 N–H and O–H groups in total. The molecule has 0 saturated heterocycles. The van der Waals surface area contributed by atoms with Crippen molar-refractivity contribution < 1.29 is 9.90 Å². The number of hydrogen-bond acceptors (Lipinski definition) is 2. The molecule has 0 radical (unpaired) electrons. The molecule has 1 aromatic heterocycles. The fourth-order valence-electron chi connectivity index (χ4n) is 3.60. The highest BCUT2D eigenvalue weighted by Crippen LogP contribution is 2.26. The first-order chi connectivity index (χ1) is 13.4. The van der Waals surface area contributed by atoms with Gasteiger partial charge in [-0.3, -0.25) is 0 Å². The Kier molecular flexibility index (Phi) is 6.22. The molecule has 0 aliphatic heterocycles. The molecule has 0 bridgehead atoms. The molecule has 1 heterocycles. The maximum Gasteiger partial charge on any atom is 0.337 e. The second-order valence-corrected chi connectivity index (χ2v) is 7.43. The summed E-state index contributed by atoms with van der Waals surface area (Å²) in [6.45, 7) is 6.95. The van der Waals surface area contributed by atoms with Crippen LogP contribution in [-0.2, 0) is 13.1 Å². The number of halogens is 1. The van der Waals surface area contributed by atoms with Crippen LogP contribution in [0.3, 0.4) is 0 Å². The van der Waals surface area contributed by atoms with Gasteiger partial charge in [0.25, 0.3) is 0 Å². The Hall–Kier alpha value is -2.56. The van der Waals surface area contributed by atoms with Crippen molar-refractivity contribution in [3.63, 3.8) is 0 Å². The van der Waals surface area contributed by atoms with Crippen molar-refractivity contribution in [3.8, 4) is 0 Å². The zero-order valence-electron chi connectivity index (χ0n) is 16.4. The lowest BCUT2D eigenvalue weighted by molar-refractivity contribution is 0.0694. The third-order valence-corrected chi connectivity index (χ3v) is 5.66. The molecule has 2 aromatic carbocycles. The minimum Gasteiger partial charge on any atom is -0.478 e. The monoisotopic (exact) mass is 396 g/mol. The summed E-state index contributed by atoms with van der Waals surface area (Å²) in [5.74, 6) is -0.900. The fourth-order valence-corrected chi connectivity index (χ4v) is 3.79. The molecule has 4 nitrogen and oxygen atoms in total. The highest BCUT2D eigenvalue weighted by Gasteiger charge is 2.23. The normalized spacial score (nSPS) is 12.1. The van der Waals surface area contributed by atoms with Crippen LogP contribution >= 0.6 is 11.6 Å². The van der Waals surface area contributed by atoms with Gasteiger partial charge >= 0.3 is 5.97 Å². The van der Waals surface area contributed by atoms with Gasteiger partial charge in [0.1, 0.15) is 0 Å². The number of hydrogen-bond donors (Lipinski definition) is 2. The molecule has 28 heavy (non-hydrogen) atoms. The van der Waals surface area contributed by atoms with Crippen LogP contribution in [0.1, 0.15) is 51.4 Å². The van der Waals surface area contributed by atoms with Gasteiger partial charge in [-0.1, -0.05) is 60.1 Å². The maximum absolute atomic E-state index is 12.0. The van der Waals surface area contributed by atoms with Gasteiger partial charge in [0.05, 0.1) is 5.56 Å². The molecule has 146 valence electrons. The molecule has 0 unspecified atom stereocenters. The second kappa shape index (κ2) is 8.63. The van der Waals surface area contributed by atoms with Crippen molar-refractivity contribution in [1.29, 1.82) is 0 Å². The van der Waals surface area contributed by atoms with Crippen LogP contribution in [0, 0.1) is 13.8 Å². The zero-order chi connectivity index (χ0) is 20.3. The van der Waals surface area contributed by atoms with E-state index in [1.54, 1.807) is 0 Å². The lowest BCUT2D eigenvalue weighted by Gasteiger charge is -2.15. The van der Waals surface area contributed by atoms with E-state index < -0.39 is 5.97 Å². The summed E-state index contributed by atoms with van der Waals surface area (Å²) in [5, 5.41) is 14.0. The average molecular weight is 397 g/mol. The van der Waals surface area contributed by atoms with Gasteiger partial charge < -0.3 is 15.0 Å². The number of aromatic nitrogens is 1. The number of rotatable bonds is 7. The Morgan fingerprint density at radius 1 is 1.07 bits per heavy atom. The highest BCUT2D eigenvalue weighted by molar-refractivity contribution is 6.31. The molecule has 3 aromatic rings. The Bertz CT molecular complexity index is 980. The molecule has 0 saturated carbocycles. The first-order valence-corrected chi connectivity index (χ1v) is 9.71. The van der Waals surface area contributed by atoms with E-state index in [2.05, 4.69) is 24.4 Å². The van der Waals surface area contributed by atoms with Crippen LogP contribution in [0.5, 0.6) is 0 Å². The summed E-state index contributed by atoms with van der Waals surface area (Å²) in [5.41, 5.74) is 5.03. The van der Waals surface area contributed by atoms with Crippen LogP contribution in [0.25, 0.3) is 0 Å². The van der Waals surface area contributed by atoms with E-state index in [0.717, 1.165) is 22.5 Å². The average Bonchev–Trinajstić information content (AvgIpc) is 2.92. The van der Waals surface area contributed by atoms with Crippen molar-refractivity contribution in [2.75, 3.05) is 0 Å². The first kappa shape index (κ1) is 20.2. The topological polar surface area (TPSA) is 54.3 Å². The molecule has 0 aliphatic carbocycles. The molecule has 0 aliphatic rings. The summed E-state index contributed by atoms with van der Waals surface area (Å²) in [6, 6.07) is 17.9. The van der Waals surface area contributed by atoms with Crippen LogP contribution in [0.15, 0.2) is 54.6 Å². The summed E-state index contributed by atoms with van der Waals surface area (Å²) in [4.78, 5) is 12.0. The molecule has 1 atom stereocenters. The van der Waals surface area contributed by atoms with Gasteiger partial charge in [-0.05, 0) is 38.0 Å². The van der Waals surface area contributed by atoms with Gasteiger partial charge in [-0.2, -0.15) is 0 Å². The highest BCUT2D eigenvalue weighted by atomic mass is 35.5. The molecule has 0 spiro atoms. The van der Waals surface area contributed by atoms with Crippen molar-refractivity contribution in [2.45, 2.75) is 39.9 Å². The van der Waals surface area contributed by atoms with Crippen molar-refractivity contribution in [2.24, 2.45) is 0 Å². The van der Waals surface area contributed by atoms with Crippen molar-refractivity contribution >= 4 is 17.6 Å². The summed E-state index contributed by atoms with van der Waals surface area (Å²) in [7, 11) is 0. The maximum atomic E-state index is 12.0. The van der Waals surface area contributed by atoms with Crippen molar-refractivity contribution in [3.05, 3.63) is 93.3 Å². The van der Waals surface area contributed by atoms with Gasteiger partial charge in [0, 0.05) is 41.1 Å². The number of carboxylic acids is 1. The zero-order valence-corrected chi connectivity index (χ0v) is 17.1. The Morgan fingerprint density at radius 3 is 2.36 bits per heavy atom. The number of benzene rings is 2.